The van der Waals surface area contributed by atoms with Crippen LogP contribution in [0.2, 0.25) is 0 Å². The third-order valence-corrected chi connectivity index (χ3v) is 3.45. The van der Waals surface area contributed by atoms with Crippen molar-refractivity contribution in [2.75, 3.05) is 26.2 Å². The van der Waals surface area contributed by atoms with E-state index in [0.29, 0.717) is 0 Å². The van der Waals surface area contributed by atoms with Crippen molar-refractivity contribution in [3.63, 3.8) is 0 Å². The summed E-state index contributed by atoms with van der Waals surface area (Å²) < 4.78 is 0. The molecule has 90 valence electrons. The fraction of sp³-hybridized carbons (Fsp3) is 1.00. The van der Waals surface area contributed by atoms with E-state index in [1.165, 1.54) is 38.9 Å². The van der Waals surface area contributed by atoms with Crippen molar-refractivity contribution in [3.05, 3.63) is 0 Å². The predicted molar refractivity (Wildman–Crippen MR) is 67.2 cm³/mol. The van der Waals surface area contributed by atoms with Crippen LogP contribution in [0.5, 0.6) is 0 Å². The maximum atomic E-state index is 3.56. The van der Waals surface area contributed by atoms with Gasteiger partial charge in [0, 0.05) is 18.6 Å². The Balaban J connectivity index is 2.36. The number of piperidine rings is 1. The molecule has 0 amide bonds. The van der Waals surface area contributed by atoms with Crippen LogP contribution < -0.4 is 5.32 Å². The van der Waals surface area contributed by atoms with Crippen molar-refractivity contribution in [1.82, 2.24) is 10.2 Å². The number of likely N-dealkylation sites (N-methyl/N-ethyl adjacent to an activating group) is 1. The Labute approximate surface area is 95.4 Å². The van der Waals surface area contributed by atoms with Crippen LogP contribution in [0.4, 0.5) is 0 Å². The van der Waals surface area contributed by atoms with Gasteiger partial charge in [-0.15, -0.1) is 0 Å². The smallest absolute Gasteiger partial charge is 0.0252 e. The highest BCUT2D eigenvalue weighted by Gasteiger charge is 2.24. The first-order valence-corrected chi connectivity index (χ1v) is 6.54. The van der Waals surface area contributed by atoms with Gasteiger partial charge in [0.1, 0.15) is 0 Å². The van der Waals surface area contributed by atoms with E-state index >= 15 is 0 Å². The summed E-state index contributed by atoms with van der Waals surface area (Å²) in [7, 11) is 0. The molecule has 0 aromatic carbocycles. The minimum absolute atomic E-state index is 0.268. The van der Waals surface area contributed by atoms with Crippen molar-refractivity contribution in [1.29, 1.82) is 0 Å². The zero-order chi connectivity index (χ0) is 11.3. The van der Waals surface area contributed by atoms with Crippen LogP contribution in [0.1, 0.15) is 47.0 Å². The van der Waals surface area contributed by atoms with Crippen LogP contribution >= 0.6 is 0 Å². The van der Waals surface area contributed by atoms with Gasteiger partial charge in [-0.05, 0) is 45.7 Å². The summed E-state index contributed by atoms with van der Waals surface area (Å²) in [5.74, 6) is 0.941. The van der Waals surface area contributed by atoms with E-state index < -0.39 is 0 Å². The first-order chi connectivity index (χ1) is 7.07. The number of rotatable bonds is 5. The molecule has 1 aliphatic rings. The van der Waals surface area contributed by atoms with Gasteiger partial charge in [0.15, 0.2) is 0 Å². The fourth-order valence-corrected chi connectivity index (χ4v) is 2.72. The van der Waals surface area contributed by atoms with Crippen LogP contribution in [0.3, 0.4) is 0 Å². The number of hydrogen-bond donors (Lipinski definition) is 1. The van der Waals surface area contributed by atoms with Crippen LogP contribution in [-0.2, 0) is 0 Å². The molecule has 0 aliphatic carbocycles. The lowest BCUT2D eigenvalue weighted by Gasteiger charge is -2.38. The summed E-state index contributed by atoms with van der Waals surface area (Å²) in [5.41, 5.74) is 0.268. The molecular weight excluding hydrogens is 184 g/mol. The highest BCUT2D eigenvalue weighted by Crippen LogP contribution is 2.20. The highest BCUT2D eigenvalue weighted by molar-refractivity contribution is 4.83. The average molecular weight is 212 g/mol. The second kappa shape index (κ2) is 5.86. The lowest BCUT2D eigenvalue weighted by Crippen LogP contribution is -2.51. The molecule has 1 saturated heterocycles. The zero-order valence-electron chi connectivity index (χ0n) is 11.0. The third-order valence-electron chi connectivity index (χ3n) is 3.45. The van der Waals surface area contributed by atoms with Gasteiger partial charge in [-0.3, -0.25) is 0 Å². The molecule has 0 spiro atoms. The fourth-order valence-electron chi connectivity index (χ4n) is 2.72. The quantitative estimate of drug-likeness (QED) is 0.753. The topological polar surface area (TPSA) is 15.3 Å². The van der Waals surface area contributed by atoms with Crippen LogP contribution in [0.15, 0.2) is 0 Å². The van der Waals surface area contributed by atoms with Gasteiger partial charge < -0.3 is 10.2 Å². The normalized spacial score (nSPS) is 24.4. The first-order valence-electron chi connectivity index (χ1n) is 6.54. The Kier molecular flexibility index (Phi) is 5.07. The molecule has 0 aromatic rings. The average Bonchev–Trinajstić information content (AvgIpc) is 2.17. The molecule has 0 bridgehead atoms. The van der Waals surface area contributed by atoms with Crippen molar-refractivity contribution in [2.45, 2.75) is 52.5 Å². The molecule has 1 heterocycles. The minimum atomic E-state index is 0.268. The Hall–Kier alpha value is -0.0800. The van der Waals surface area contributed by atoms with Crippen molar-refractivity contribution >= 4 is 0 Å². The SMILES string of the molecule is CCNC(C)(C)CN1CCCC(CC)C1. The second-order valence-corrected chi connectivity index (χ2v) is 5.57. The predicted octanol–water partition coefficient (Wildman–Crippen LogP) is 2.50. The third kappa shape index (κ3) is 4.52. The van der Waals surface area contributed by atoms with E-state index in [2.05, 4.69) is 37.9 Å². The van der Waals surface area contributed by atoms with Gasteiger partial charge in [-0.2, -0.15) is 0 Å². The number of likely N-dealkylation sites (tertiary alicyclic amines) is 1. The van der Waals surface area contributed by atoms with Crippen LogP contribution in [0.25, 0.3) is 0 Å². The number of hydrogen-bond acceptors (Lipinski definition) is 2. The maximum absolute atomic E-state index is 3.56. The molecule has 1 fully saturated rings. The van der Waals surface area contributed by atoms with Gasteiger partial charge in [0.2, 0.25) is 0 Å². The molecule has 0 aromatic heterocycles. The van der Waals surface area contributed by atoms with Crippen molar-refractivity contribution in [2.24, 2.45) is 5.92 Å². The number of nitrogens with one attached hydrogen (secondary N) is 1. The van der Waals surface area contributed by atoms with E-state index in [4.69, 9.17) is 0 Å². The summed E-state index contributed by atoms with van der Waals surface area (Å²) in [6.45, 7) is 14.0. The molecule has 2 heteroatoms. The molecule has 0 radical (unpaired) electrons. The molecule has 1 unspecified atom stereocenters. The Bertz CT molecular complexity index is 177. The molecule has 0 saturated carbocycles. The summed E-state index contributed by atoms with van der Waals surface area (Å²) in [6.07, 6.45) is 4.17. The van der Waals surface area contributed by atoms with Gasteiger partial charge in [-0.1, -0.05) is 20.3 Å². The first kappa shape index (κ1) is 13.0. The molecule has 15 heavy (non-hydrogen) atoms. The van der Waals surface area contributed by atoms with Crippen LogP contribution in [-0.4, -0.2) is 36.6 Å². The molecule has 1 aliphatic heterocycles. The lowest BCUT2D eigenvalue weighted by atomic mass is 9.94. The van der Waals surface area contributed by atoms with E-state index in [-0.39, 0.29) is 5.54 Å². The Morgan fingerprint density at radius 3 is 2.67 bits per heavy atom. The zero-order valence-corrected chi connectivity index (χ0v) is 11.0. The van der Waals surface area contributed by atoms with Gasteiger partial charge in [0.25, 0.3) is 0 Å². The minimum Gasteiger partial charge on any atom is -0.311 e. The summed E-state index contributed by atoms with van der Waals surface area (Å²) in [4.78, 5) is 2.64. The Morgan fingerprint density at radius 2 is 2.07 bits per heavy atom. The summed E-state index contributed by atoms with van der Waals surface area (Å²) in [5, 5.41) is 3.56. The van der Waals surface area contributed by atoms with Gasteiger partial charge in [0.05, 0.1) is 0 Å². The Morgan fingerprint density at radius 1 is 1.33 bits per heavy atom. The monoisotopic (exact) mass is 212 g/mol. The van der Waals surface area contributed by atoms with Gasteiger partial charge >= 0.3 is 0 Å². The maximum Gasteiger partial charge on any atom is 0.0252 e. The molecule has 1 rings (SSSR count). The lowest BCUT2D eigenvalue weighted by molar-refractivity contribution is 0.135. The molecule has 2 nitrogen and oxygen atoms in total. The van der Waals surface area contributed by atoms with E-state index in [0.717, 1.165) is 12.5 Å². The number of nitrogens with zero attached hydrogens (tertiary/aromatic N) is 1. The van der Waals surface area contributed by atoms with Crippen molar-refractivity contribution < 1.29 is 0 Å². The highest BCUT2D eigenvalue weighted by atomic mass is 15.2. The second-order valence-electron chi connectivity index (χ2n) is 5.57. The van der Waals surface area contributed by atoms with E-state index in [1.54, 1.807) is 0 Å². The van der Waals surface area contributed by atoms with E-state index in [9.17, 15) is 0 Å². The molecule has 1 N–H and O–H groups in total. The van der Waals surface area contributed by atoms with Crippen molar-refractivity contribution in [3.8, 4) is 0 Å². The summed E-state index contributed by atoms with van der Waals surface area (Å²) >= 11 is 0. The molecular formula is C13H28N2. The van der Waals surface area contributed by atoms with E-state index in [1.807, 2.05) is 0 Å². The van der Waals surface area contributed by atoms with Gasteiger partial charge in [-0.25, -0.2) is 0 Å². The standard InChI is InChI=1S/C13H28N2/c1-5-12-8-7-9-15(10-12)11-13(3,4)14-6-2/h12,14H,5-11H2,1-4H3. The summed E-state index contributed by atoms with van der Waals surface area (Å²) in [6, 6.07) is 0. The molecule has 1 atom stereocenters. The van der Waals surface area contributed by atoms with Crippen LogP contribution in [0, 0.1) is 5.92 Å². The largest absolute Gasteiger partial charge is 0.311 e.